The van der Waals surface area contributed by atoms with E-state index in [0.29, 0.717) is 0 Å². The lowest BCUT2D eigenvalue weighted by molar-refractivity contribution is 0.410. The van der Waals surface area contributed by atoms with E-state index in [-0.39, 0.29) is 0 Å². The number of benzene rings is 1. The summed E-state index contributed by atoms with van der Waals surface area (Å²) < 4.78 is 6.51. The largest absolute Gasteiger partial charge is 0.494 e. The van der Waals surface area contributed by atoms with Gasteiger partial charge in [0, 0.05) is 0 Å². The van der Waals surface area contributed by atoms with Crippen LogP contribution in [0.2, 0.25) is 0 Å². The van der Waals surface area contributed by atoms with Crippen LogP contribution < -0.4 is 4.74 Å². The highest BCUT2D eigenvalue weighted by atomic mass is 32.1. The highest BCUT2D eigenvalue weighted by Gasteiger charge is 2.09. The molecule has 2 aromatic rings. The van der Waals surface area contributed by atoms with Crippen LogP contribution in [-0.4, -0.2) is 7.11 Å². The van der Waals surface area contributed by atoms with E-state index in [0.717, 1.165) is 16.2 Å². The Balaban J connectivity index is 2.87. The molecule has 0 spiro atoms. The molecule has 0 saturated carbocycles. The van der Waals surface area contributed by atoms with Crippen molar-refractivity contribution in [2.24, 2.45) is 0 Å². The summed E-state index contributed by atoms with van der Waals surface area (Å²) in [5.41, 5.74) is 1.16. The molecule has 0 aliphatic heterocycles. The van der Waals surface area contributed by atoms with E-state index in [9.17, 15) is 0 Å². The minimum atomic E-state index is 0.897. The third-order valence-corrected chi connectivity index (χ3v) is 3.55. The quantitative estimate of drug-likeness (QED) is 0.709. The van der Waals surface area contributed by atoms with Crippen LogP contribution in [0.15, 0.2) is 22.4 Å². The Morgan fingerprint density at radius 1 is 1.46 bits per heavy atom. The Morgan fingerprint density at radius 3 is 2.92 bits per heavy atom. The molecule has 13 heavy (non-hydrogen) atoms. The second-order valence-electron chi connectivity index (χ2n) is 2.91. The zero-order valence-corrected chi connectivity index (χ0v) is 9.21. The number of ether oxygens (including phenoxy) is 1. The first-order chi connectivity index (χ1) is 6.24. The summed E-state index contributed by atoms with van der Waals surface area (Å²) in [6, 6.07) is 4.24. The first-order valence-electron chi connectivity index (χ1n) is 3.98. The summed E-state index contributed by atoms with van der Waals surface area (Å²) in [5, 5.41) is 3.30. The minimum absolute atomic E-state index is 0.897. The van der Waals surface area contributed by atoms with Crippen LogP contribution in [0, 0.1) is 6.92 Å². The summed E-state index contributed by atoms with van der Waals surface area (Å²) in [7, 11) is 1.69. The van der Waals surface area contributed by atoms with Crippen LogP contribution in [0.1, 0.15) is 5.56 Å². The van der Waals surface area contributed by atoms with Gasteiger partial charge < -0.3 is 4.74 Å². The van der Waals surface area contributed by atoms with Crippen LogP contribution in [0.25, 0.3) is 10.1 Å². The van der Waals surface area contributed by atoms with Crippen molar-refractivity contribution in [2.45, 2.75) is 11.8 Å². The smallest absolute Gasteiger partial charge is 0.150 e. The molecule has 68 valence electrons. The van der Waals surface area contributed by atoms with Crippen molar-refractivity contribution in [1.82, 2.24) is 0 Å². The van der Waals surface area contributed by atoms with Gasteiger partial charge in [0.15, 0.2) is 0 Å². The lowest BCUT2D eigenvalue weighted by Gasteiger charge is -2.07. The first kappa shape index (κ1) is 8.91. The van der Waals surface area contributed by atoms with Gasteiger partial charge in [-0.2, -0.15) is 0 Å². The maximum Gasteiger partial charge on any atom is 0.150 e. The van der Waals surface area contributed by atoms with Crippen molar-refractivity contribution < 1.29 is 4.74 Å². The lowest BCUT2D eigenvalue weighted by atomic mass is 10.2. The molecule has 0 aliphatic carbocycles. The molecule has 3 heteroatoms. The average Bonchev–Trinajstić information content (AvgIpc) is 2.54. The molecule has 0 unspecified atom stereocenters. The summed E-state index contributed by atoms with van der Waals surface area (Å²) in [6.45, 7) is 2.04. The Morgan fingerprint density at radius 2 is 2.23 bits per heavy atom. The van der Waals surface area contributed by atoms with Crippen molar-refractivity contribution >= 4 is 34.1 Å². The van der Waals surface area contributed by atoms with Gasteiger partial charge in [-0.1, -0.05) is 0 Å². The molecule has 1 aromatic heterocycles. The molecular weight excluding hydrogens is 200 g/mol. The fourth-order valence-electron chi connectivity index (χ4n) is 1.39. The van der Waals surface area contributed by atoms with E-state index >= 15 is 0 Å². The van der Waals surface area contributed by atoms with E-state index in [1.54, 1.807) is 18.4 Å². The Bertz CT molecular complexity index is 445. The highest BCUT2D eigenvalue weighted by molar-refractivity contribution is 7.80. The molecule has 1 nitrogen and oxygen atoms in total. The van der Waals surface area contributed by atoms with Crippen LogP contribution in [0.5, 0.6) is 5.75 Å². The molecular formula is C10H10OS2. The third-order valence-electron chi connectivity index (χ3n) is 2.07. The Labute approximate surface area is 86.8 Å². The average molecular weight is 210 g/mol. The van der Waals surface area contributed by atoms with E-state index in [4.69, 9.17) is 4.74 Å². The second-order valence-corrected chi connectivity index (χ2v) is 4.28. The maximum absolute atomic E-state index is 5.33. The number of fused-ring (bicyclic) bond motifs is 1. The minimum Gasteiger partial charge on any atom is -0.494 e. The van der Waals surface area contributed by atoms with E-state index < -0.39 is 0 Å². The standard InChI is InChI=1S/C10H10OS2/c1-6-5-7-3-4-13-10(7)8(11-2)9(6)12/h3-5,12H,1-2H3. The maximum atomic E-state index is 5.33. The van der Waals surface area contributed by atoms with Crippen LogP contribution in [-0.2, 0) is 0 Å². The molecule has 0 fully saturated rings. The van der Waals surface area contributed by atoms with Gasteiger partial charge in [0.2, 0.25) is 0 Å². The molecule has 0 atom stereocenters. The van der Waals surface area contributed by atoms with Crippen molar-refractivity contribution in [3.05, 3.63) is 23.1 Å². The predicted octanol–water partition coefficient (Wildman–Crippen LogP) is 3.51. The zero-order valence-electron chi connectivity index (χ0n) is 7.50. The highest BCUT2D eigenvalue weighted by Crippen LogP contribution is 2.37. The molecule has 2 rings (SSSR count). The van der Waals surface area contributed by atoms with Gasteiger partial charge in [-0.15, -0.1) is 24.0 Å². The van der Waals surface area contributed by atoms with Gasteiger partial charge >= 0.3 is 0 Å². The number of methoxy groups -OCH3 is 1. The van der Waals surface area contributed by atoms with E-state index in [1.165, 1.54) is 10.1 Å². The summed E-state index contributed by atoms with van der Waals surface area (Å²) in [6.07, 6.45) is 0. The Kier molecular flexibility index (Phi) is 2.22. The summed E-state index contributed by atoms with van der Waals surface area (Å²) in [4.78, 5) is 0.942. The van der Waals surface area contributed by atoms with Gasteiger partial charge in [-0.3, -0.25) is 0 Å². The second kappa shape index (κ2) is 3.24. The third kappa shape index (κ3) is 1.32. The fraction of sp³-hybridized carbons (Fsp3) is 0.200. The molecule has 0 saturated heterocycles. The van der Waals surface area contributed by atoms with Crippen LogP contribution >= 0.6 is 24.0 Å². The molecule has 0 bridgehead atoms. The Hall–Kier alpha value is -0.670. The zero-order chi connectivity index (χ0) is 9.42. The van der Waals surface area contributed by atoms with Crippen molar-refractivity contribution in [2.75, 3.05) is 7.11 Å². The number of rotatable bonds is 1. The van der Waals surface area contributed by atoms with Crippen molar-refractivity contribution in [3.8, 4) is 5.75 Å². The van der Waals surface area contributed by atoms with Crippen molar-refractivity contribution in [1.29, 1.82) is 0 Å². The van der Waals surface area contributed by atoms with E-state index in [1.807, 2.05) is 6.92 Å². The lowest BCUT2D eigenvalue weighted by Crippen LogP contribution is -1.87. The number of thiophene rings is 1. The molecule has 1 heterocycles. The molecule has 0 radical (unpaired) electrons. The number of hydrogen-bond donors (Lipinski definition) is 1. The molecule has 1 aromatic carbocycles. The van der Waals surface area contributed by atoms with Gasteiger partial charge in [0.1, 0.15) is 5.75 Å². The van der Waals surface area contributed by atoms with Gasteiger partial charge in [-0.25, -0.2) is 0 Å². The van der Waals surface area contributed by atoms with Crippen LogP contribution in [0.4, 0.5) is 0 Å². The molecule has 0 aliphatic rings. The predicted molar refractivity (Wildman–Crippen MR) is 60.4 cm³/mol. The fourth-order valence-corrected chi connectivity index (χ4v) is 2.64. The topological polar surface area (TPSA) is 9.23 Å². The number of aryl methyl sites for hydroxylation is 1. The van der Waals surface area contributed by atoms with E-state index in [2.05, 4.69) is 30.1 Å². The number of thiol groups is 1. The number of hydrogen-bond acceptors (Lipinski definition) is 3. The monoisotopic (exact) mass is 210 g/mol. The van der Waals surface area contributed by atoms with Gasteiger partial charge in [0.25, 0.3) is 0 Å². The molecule has 0 N–H and O–H groups in total. The van der Waals surface area contributed by atoms with Crippen molar-refractivity contribution in [3.63, 3.8) is 0 Å². The summed E-state index contributed by atoms with van der Waals surface area (Å²) in [5.74, 6) is 0.897. The van der Waals surface area contributed by atoms with Crippen LogP contribution in [0.3, 0.4) is 0 Å². The van der Waals surface area contributed by atoms with Gasteiger partial charge in [-0.05, 0) is 35.4 Å². The normalized spacial score (nSPS) is 10.7. The summed E-state index contributed by atoms with van der Waals surface area (Å²) >= 11 is 6.11. The van der Waals surface area contributed by atoms with Gasteiger partial charge in [0.05, 0.1) is 16.7 Å². The first-order valence-corrected chi connectivity index (χ1v) is 5.30. The molecule has 0 amide bonds. The SMILES string of the molecule is COc1c(S)c(C)cc2ccsc12.